The third-order valence-corrected chi connectivity index (χ3v) is 4.67. The summed E-state index contributed by atoms with van der Waals surface area (Å²) in [5, 5.41) is 3.57. The molecule has 120 valence electrons. The Bertz CT molecular complexity index is 913. The number of ether oxygens (including phenoxy) is 1. The molecule has 0 aliphatic carbocycles. The number of aryl methyl sites for hydroxylation is 1. The largest absolute Gasteiger partial charge is 0.495 e. The molecule has 0 unspecified atom stereocenters. The monoisotopic (exact) mass is 334 g/mol. The summed E-state index contributed by atoms with van der Waals surface area (Å²) in [4.78, 5) is 0.0230. The van der Waals surface area contributed by atoms with E-state index < -0.39 is 10.0 Å². The van der Waals surface area contributed by atoms with Crippen molar-refractivity contribution in [2.75, 3.05) is 11.8 Å². The molecule has 8 heteroatoms. The molecular weight excluding hydrogens is 320 g/mol. The van der Waals surface area contributed by atoms with Crippen LogP contribution < -0.4 is 9.46 Å². The van der Waals surface area contributed by atoms with Gasteiger partial charge in [0.25, 0.3) is 10.0 Å². The van der Waals surface area contributed by atoms with E-state index in [1.54, 1.807) is 37.3 Å². The number of aromatic nitrogens is 1. The van der Waals surface area contributed by atoms with Crippen LogP contribution in [0.5, 0.6) is 5.75 Å². The molecule has 0 aliphatic rings. The van der Waals surface area contributed by atoms with Crippen LogP contribution in [0, 0.1) is 6.92 Å². The Morgan fingerprint density at radius 1 is 1.17 bits per heavy atom. The zero-order valence-corrected chi connectivity index (χ0v) is 13.3. The Morgan fingerprint density at radius 3 is 2.65 bits per heavy atom. The number of nitrogens with zero attached hydrogens (tertiary/aromatic N) is 1. The number of hydrogen-bond acceptors (Lipinski definition) is 6. The Labute approximate surface area is 132 Å². The minimum absolute atomic E-state index is 0.0230. The van der Waals surface area contributed by atoms with E-state index in [2.05, 4.69) is 9.88 Å². The van der Waals surface area contributed by atoms with Crippen molar-refractivity contribution in [3.05, 3.63) is 48.4 Å². The molecule has 23 heavy (non-hydrogen) atoms. The molecule has 0 radical (unpaired) electrons. The number of benzene rings is 1. The summed E-state index contributed by atoms with van der Waals surface area (Å²) >= 11 is 0. The highest BCUT2D eigenvalue weighted by Gasteiger charge is 2.24. The van der Waals surface area contributed by atoms with Gasteiger partial charge in [0.05, 0.1) is 19.0 Å². The van der Waals surface area contributed by atoms with Gasteiger partial charge in [0.1, 0.15) is 16.4 Å². The number of methoxy groups -OCH3 is 1. The maximum absolute atomic E-state index is 12.6. The molecular formula is C15H14N2O5S. The van der Waals surface area contributed by atoms with Crippen LogP contribution in [0.1, 0.15) is 5.76 Å². The highest BCUT2D eigenvalue weighted by Crippen LogP contribution is 2.31. The van der Waals surface area contributed by atoms with Crippen LogP contribution in [0.3, 0.4) is 0 Å². The number of hydrogen-bond donors (Lipinski definition) is 1. The van der Waals surface area contributed by atoms with Crippen molar-refractivity contribution in [2.45, 2.75) is 11.8 Å². The molecule has 3 aromatic rings. The van der Waals surface area contributed by atoms with E-state index in [1.165, 1.54) is 19.4 Å². The summed E-state index contributed by atoms with van der Waals surface area (Å²) < 4.78 is 43.3. The van der Waals surface area contributed by atoms with Gasteiger partial charge in [-0.05, 0) is 19.1 Å². The van der Waals surface area contributed by atoms with Gasteiger partial charge in [-0.1, -0.05) is 17.3 Å². The summed E-state index contributed by atoms with van der Waals surface area (Å²) in [5.74, 6) is 1.32. The highest BCUT2D eigenvalue weighted by molar-refractivity contribution is 7.92. The molecule has 1 N–H and O–H groups in total. The summed E-state index contributed by atoms with van der Waals surface area (Å²) in [6.07, 6.45) is 1.45. The lowest BCUT2D eigenvalue weighted by Crippen LogP contribution is -2.13. The third kappa shape index (κ3) is 2.93. The molecule has 0 saturated heterocycles. The molecule has 2 aromatic heterocycles. The van der Waals surface area contributed by atoms with Gasteiger partial charge in [0.2, 0.25) is 5.76 Å². The predicted molar refractivity (Wildman–Crippen MR) is 82.7 cm³/mol. The lowest BCUT2D eigenvalue weighted by molar-refractivity contribution is 0.414. The number of para-hydroxylation sites is 2. The van der Waals surface area contributed by atoms with E-state index in [-0.39, 0.29) is 10.7 Å². The van der Waals surface area contributed by atoms with Gasteiger partial charge in [-0.15, -0.1) is 0 Å². The molecule has 2 heterocycles. The summed E-state index contributed by atoms with van der Waals surface area (Å²) in [7, 11) is -2.36. The Morgan fingerprint density at radius 2 is 1.96 bits per heavy atom. The van der Waals surface area contributed by atoms with E-state index in [0.717, 1.165) is 0 Å². The first-order chi connectivity index (χ1) is 11.0. The SMILES string of the molecule is COc1ccccc1NS(=O)(=O)c1cc(-c2ccno2)oc1C. The van der Waals surface area contributed by atoms with E-state index in [9.17, 15) is 8.42 Å². The minimum atomic E-state index is -3.83. The summed E-state index contributed by atoms with van der Waals surface area (Å²) in [5.41, 5.74) is 0.344. The van der Waals surface area contributed by atoms with Crippen molar-refractivity contribution >= 4 is 15.7 Å². The van der Waals surface area contributed by atoms with Crippen molar-refractivity contribution in [1.82, 2.24) is 5.16 Å². The van der Waals surface area contributed by atoms with Crippen molar-refractivity contribution in [2.24, 2.45) is 0 Å². The number of anilines is 1. The van der Waals surface area contributed by atoms with Crippen LogP contribution in [0.25, 0.3) is 11.5 Å². The highest BCUT2D eigenvalue weighted by atomic mass is 32.2. The second-order valence-corrected chi connectivity index (χ2v) is 6.36. The number of nitrogens with one attached hydrogen (secondary N) is 1. The fourth-order valence-corrected chi connectivity index (χ4v) is 3.38. The molecule has 3 rings (SSSR count). The van der Waals surface area contributed by atoms with E-state index >= 15 is 0 Å². The Kier molecular flexibility index (Phi) is 3.83. The van der Waals surface area contributed by atoms with Crippen molar-refractivity contribution < 1.29 is 22.1 Å². The Hall–Kier alpha value is -2.74. The maximum atomic E-state index is 12.6. The first kappa shape index (κ1) is 15.2. The van der Waals surface area contributed by atoms with Crippen LogP contribution in [-0.4, -0.2) is 20.7 Å². The van der Waals surface area contributed by atoms with Crippen LogP contribution in [0.4, 0.5) is 5.69 Å². The van der Waals surface area contributed by atoms with Crippen LogP contribution >= 0.6 is 0 Å². The maximum Gasteiger partial charge on any atom is 0.265 e. The van der Waals surface area contributed by atoms with Gasteiger partial charge in [-0.3, -0.25) is 4.72 Å². The van der Waals surface area contributed by atoms with Crippen molar-refractivity contribution in [3.63, 3.8) is 0 Å². The van der Waals surface area contributed by atoms with Gasteiger partial charge in [-0.2, -0.15) is 0 Å². The van der Waals surface area contributed by atoms with Crippen LogP contribution in [-0.2, 0) is 10.0 Å². The molecule has 0 amide bonds. The molecule has 0 bridgehead atoms. The molecule has 0 fully saturated rings. The third-order valence-electron chi connectivity index (χ3n) is 3.19. The van der Waals surface area contributed by atoms with Gasteiger partial charge in [-0.25, -0.2) is 8.42 Å². The lowest BCUT2D eigenvalue weighted by atomic mass is 10.3. The molecule has 0 spiro atoms. The fraction of sp³-hybridized carbons (Fsp3) is 0.133. The zero-order valence-electron chi connectivity index (χ0n) is 12.4. The fourth-order valence-electron chi connectivity index (χ4n) is 2.13. The van der Waals surface area contributed by atoms with E-state index in [1.807, 2.05) is 0 Å². The minimum Gasteiger partial charge on any atom is -0.495 e. The molecule has 0 atom stereocenters. The van der Waals surface area contributed by atoms with Gasteiger partial charge < -0.3 is 13.7 Å². The first-order valence-electron chi connectivity index (χ1n) is 6.68. The predicted octanol–water partition coefficient (Wildman–Crippen LogP) is 3.05. The summed E-state index contributed by atoms with van der Waals surface area (Å²) in [6, 6.07) is 9.73. The second kappa shape index (κ2) is 5.81. The Balaban J connectivity index is 1.97. The quantitative estimate of drug-likeness (QED) is 0.770. The van der Waals surface area contributed by atoms with Crippen molar-refractivity contribution in [3.8, 4) is 17.3 Å². The normalized spacial score (nSPS) is 11.4. The number of rotatable bonds is 5. The average Bonchev–Trinajstić information content (AvgIpc) is 3.16. The number of furan rings is 1. The van der Waals surface area contributed by atoms with Crippen molar-refractivity contribution in [1.29, 1.82) is 0 Å². The van der Waals surface area contributed by atoms with Gasteiger partial charge in [0, 0.05) is 12.1 Å². The number of sulfonamides is 1. The average molecular weight is 334 g/mol. The zero-order chi connectivity index (χ0) is 16.4. The molecule has 0 saturated carbocycles. The molecule has 0 aliphatic heterocycles. The van der Waals surface area contributed by atoms with Gasteiger partial charge >= 0.3 is 0 Å². The van der Waals surface area contributed by atoms with E-state index in [4.69, 9.17) is 13.7 Å². The van der Waals surface area contributed by atoms with Crippen LogP contribution in [0.2, 0.25) is 0 Å². The topological polar surface area (TPSA) is 94.6 Å². The molecule has 7 nitrogen and oxygen atoms in total. The lowest BCUT2D eigenvalue weighted by Gasteiger charge is -2.10. The smallest absolute Gasteiger partial charge is 0.265 e. The first-order valence-corrected chi connectivity index (χ1v) is 8.17. The standard InChI is InChI=1S/C15H14N2O5S/c1-10-15(9-14(21-10)13-7-8-16-22-13)23(18,19)17-11-5-3-4-6-12(11)20-2/h3-9,17H,1-2H3. The van der Waals surface area contributed by atoms with Gasteiger partial charge in [0.15, 0.2) is 5.76 Å². The summed E-state index contributed by atoms with van der Waals surface area (Å²) in [6.45, 7) is 1.57. The molecule has 1 aromatic carbocycles. The second-order valence-electron chi connectivity index (χ2n) is 4.71. The van der Waals surface area contributed by atoms with E-state index in [0.29, 0.717) is 23.0 Å². The van der Waals surface area contributed by atoms with Crippen LogP contribution in [0.15, 0.2) is 56.4 Å².